The Morgan fingerprint density at radius 1 is 0.627 bits per heavy atom. The molecule has 4 N–H and O–H groups in total. The van der Waals surface area contributed by atoms with Crippen molar-refractivity contribution in [2.45, 2.75) is 135 Å². The van der Waals surface area contributed by atoms with Gasteiger partial charge in [-0.05, 0) is 51.4 Å². The van der Waals surface area contributed by atoms with E-state index in [1.807, 2.05) is 18.2 Å². The van der Waals surface area contributed by atoms with Crippen molar-refractivity contribution in [3.8, 4) is 0 Å². The average Bonchev–Trinajstić information content (AvgIpc) is 3.10. The Balaban J connectivity index is 4.57. The topological polar surface area (TPSA) is 172 Å². The van der Waals surface area contributed by atoms with Crippen molar-refractivity contribution in [1.29, 1.82) is 0 Å². The van der Waals surface area contributed by atoms with Crippen LogP contribution in [0.2, 0.25) is 0 Å². The van der Waals surface area contributed by atoms with Gasteiger partial charge in [-0.3, -0.25) is 23.4 Å². The fraction of sp³-hybridized carbons (Fsp3) is 0.615. The molecule has 0 fully saturated rings. The summed E-state index contributed by atoms with van der Waals surface area (Å²) in [6.45, 7) is 2.53. The molecule has 0 heterocycles. The molecule has 0 aromatic carbocycles. The molecule has 0 amide bonds. The van der Waals surface area contributed by atoms with Crippen molar-refractivity contribution in [3.05, 3.63) is 72.9 Å². The molecule has 0 radical (unpaired) electrons. The maximum absolute atomic E-state index is 12.5. The van der Waals surface area contributed by atoms with Gasteiger partial charge in [0.05, 0.1) is 13.2 Å². The molecule has 0 aromatic rings. The molecule has 0 bridgehead atoms. The van der Waals surface area contributed by atoms with Gasteiger partial charge in [0.1, 0.15) is 12.6 Å². The number of carbonyl (C=O) groups excluding carboxylic acids is 2. The van der Waals surface area contributed by atoms with Crippen LogP contribution < -0.4 is 5.73 Å². The predicted octanol–water partition coefficient (Wildman–Crippen LogP) is 9.00. The number of nitrogens with two attached hydrogens (primary N) is 1. The second kappa shape index (κ2) is 34.0. The normalized spacial score (nSPS) is 14.7. The molecule has 0 aromatic heterocycles. The summed E-state index contributed by atoms with van der Waals surface area (Å²) in [5.41, 5.74) is 5.30. The maximum atomic E-state index is 12.5. The molecule has 0 spiro atoms. The van der Waals surface area contributed by atoms with Gasteiger partial charge < -0.3 is 25.2 Å². The standard InChI is InChI=1S/C39H64NO10P/c1-3-5-7-9-11-13-14-15-16-17-18-19-20-21-22-23-25-27-29-31-38(42)50-35(33-48-51(45,46)49-34-36(40)39(43)44)32-47-37(41)30-28-26-24-12-10-8-6-4-2/h5,7,11,13,15-16,18-19,21-22,25,27,35-36H,3-4,6,8-10,12,14,17,20,23-24,26,28-34,40H2,1-2H3,(H,43,44)(H,45,46)/b7-5+,13-11+,16-15+,19-18+,22-21+,27-25+/t35-,36-/m0/s1. The molecule has 3 atom stereocenters. The first-order valence-corrected chi connectivity index (χ1v) is 20.0. The van der Waals surface area contributed by atoms with E-state index in [-0.39, 0.29) is 19.4 Å². The minimum absolute atomic E-state index is 0.0334. The lowest BCUT2D eigenvalue weighted by Crippen LogP contribution is -2.34. The van der Waals surface area contributed by atoms with Crippen LogP contribution in [0.25, 0.3) is 0 Å². The van der Waals surface area contributed by atoms with E-state index >= 15 is 0 Å². The molecule has 0 aliphatic carbocycles. The van der Waals surface area contributed by atoms with Gasteiger partial charge in [0.15, 0.2) is 6.10 Å². The van der Waals surface area contributed by atoms with Crippen LogP contribution in [0.3, 0.4) is 0 Å². The Morgan fingerprint density at radius 2 is 1.10 bits per heavy atom. The third-order valence-electron chi connectivity index (χ3n) is 7.23. The molecule has 0 aliphatic heterocycles. The van der Waals surface area contributed by atoms with Crippen molar-refractivity contribution >= 4 is 25.7 Å². The third-order valence-corrected chi connectivity index (χ3v) is 8.18. The van der Waals surface area contributed by atoms with Gasteiger partial charge in [-0.1, -0.05) is 132 Å². The number of unbranched alkanes of at least 4 members (excludes halogenated alkanes) is 7. The molecule has 51 heavy (non-hydrogen) atoms. The minimum atomic E-state index is -4.73. The van der Waals surface area contributed by atoms with Gasteiger partial charge in [-0.2, -0.15) is 0 Å². The van der Waals surface area contributed by atoms with E-state index in [9.17, 15) is 23.8 Å². The second-order valence-corrected chi connectivity index (χ2v) is 13.4. The summed E-state index contributed by atoms with van der Waals surface area (Å²) in [4.78, 5) is 45.5. The van der Waals surface area contributed by atoms with Gasteiger partial charge in [-0.15, -0.1) is 0 Å². The first-order chi connectivity index (χ1) is 24.6. The van der Waals surface area contributed by atoms with E-state index in [0.717, 1.165) is 51.4 Å². The van der Waals surface area contributed by atoms with Crippen molar-refractivity contribution in [1.82, 2.24) is 0 Å². The van der Waals surface area contributed by atoms with Crippen LogP contribution in [0.4, 0.5) is 0 Å². The smallest absolute Gasteiger partial charge is 0.472 e. The van der Waals surface area contributed by atoms with Gasteiger partial charge in [0, 0.05) is 12.8 Å². The number of hydrogen-bond acceptors (Lipinski definition) is 9. The Hall–Kier alpha value is -3.08. The van der Waals surface area contributed by atoms with E-state index in [2.05, 4.69) is 73.1 Å². The van der Waals surface area contributed by atoms with Crippen LogP contribution in [-0.2, 0) is 37.5 Å². The fourth-order valence-electron chi connectivity index (χ4n) is 4.32. The molecule has 12 heteroatoms. The number of phosphoric ester groups is 1. The summed E-state index contributed by atoms with van der Waals surface area (Å²) >= 11 is 0. The van der Waals surface area contributed by atoms with Crippen molar-refractivity contribution in [2.75, 3.05) is 19.8 Å². The summed E-state index contributed by atoms with van der Waals surface area (Å²) in [5, 5.41) is 8.84. The molecule has 11 nitrogen and oxygen atoms in total. The number of ether oxygens (including phenoxy) is 2. The molecule has 1 unspecified atom stereocenters. The summed E-state index contributed by atoms with van der Waals surface area (Å²) in [7, 11) is -4.73. The molecular formula is C39H64NO10P. The Morgan fingerprint density at radius 3 is 1.61 bits per heavy atom. The molecule has 0 aliphatic rings. The highest BCUT2D eigenvalue weighted by atomic mass is 31.2. The highest BCUT2D eigenvalue weighted by Crippen LogP contribution is 2.43. The van der Waals surface area contributed by atoms with E-state index in [1.54, 1.807) is 0 Å². The van der Waals surface area contributed by atoms with E-state index in [0.29, 0.717) is 19.3 Å². The Kier molecular flexibility index (Phi) is 32.0. The van der Waals surface area contributed by atoms with Crippen molar-refractivity contribution < 1.29 is 47.5 Å². The fourth-order valence-corrected chi connectivity index (χ4v) is 5.10. The zero-order chi connectivity index (χ0) is 37.8. The SMILES string of the molecule is CC/C=C/C/C=C/C/C=C/C/C=C/C/C=C/C/C=C/CCC(=O)O[C@@H](COC(=O)CCCCCCCCCC)COP(=O)(O)OC[C@H](N)C(=O)O. The van der Waals surface area contributed by atoms with Crippen molar-refractivity contribution in [3.63, 3.8) is 0 Å². The summed E-state index contributed by atoms with van der Waals surface area (Å²) in [5.74, 6) is -2.50. The largest absolute Gasteiger partial charge is 0.480 e. The van der Waals surface area contributed by atoms with Gasteiger partial charge >= 0.3 is 25.7 Å². The number of carboxylic acid groups (broad SMARTS) is 1. The molecule has 0 saturated heterocycles. The molecular weight excluding hydrogens is 673 g/mol. The van der Waals surface area contributed by atoms with Crippen LogP contribution >= 0.6 is 7.82 Å². The first-order valence-electron chi connectivity index (χ1n) is 18.5. The summed E-state index contributed by atoms with van der Waals surface area (Å²) in [6, 6.07) is -1.53. The van der Waals surface area contributed by atoms with Crippen molar-refractivity contribution in [2.24, 2.45) is 5.73 Å². The summed E-state index contributed by atoms with van der Waals surface area (Å²) < 4.78 is 32.4. The number of aliphatic carboxylic acids is 1. The van der Waals surface area contributed by atoms with Crippen LogP contribution in [-0.4, -0.2) is 59.9 Å². The third kappa shape index (κ3) is 33.8. The van der Waals surface area contributed by atoms with Gasteiger partial charge in [0.25, 0.3) is 0 Å². The lowest BCUT2D eigenvalue weighted by molar-refractivity contribution is -0.161. The Bertz CT molecular complexity index is 1140. The summed E-state index contributed by atoms with van der Waals surface area (Å²) in [6.07, 6.45) is 38.7. The van der Waals surface area contributed by atoms with E-state index < -0.39 is 51.1 Å². The lowest BCUT2D eigenvalue weighted by atomic mass is 10.1. The zero-order valence-corrected chi connectivity index (χ0v) is 31.8. The van der Waals surface area contributed by atoms with Gasteiger partial charge in [0.2, 0.25) is 0 Å². The first kappa shape index (κ1) is 47.9. The molecule has 0 rings (SSSR count). The quantitative estimate of drug-likeness (QED) is 0.0254. The number of allylic oxidation sites excluding steroid dienone is 12. The van der Waals surface area contributed by atoms with Crippen LogP contribution in [0, 0.1) is 0 Å². The van der Waals surface area contributed by atoms with E-state index in [4.69, 9.17) is 24.8 Å². The maximum Gasteiger partial charge on any atom is 0.472 e. The average molecular weight is 738 g/mol. The molecule has 0 saturated carbocycles. The predicted molar refractivity (Wildman–Crippen MR) is 203 cm³/mol. The monoisotopic (exact) mass is 737 g/mol. The highest BCUT2D eigenvalue weighted by Gasteiger charge is 2.28. The molecule has 290 valence electrons. The number of hydrogen-bond donors (Lipinski definition) is 3. The number of phosphoric acid groups is 1. The second-order valence-electron chi connectivity index (χ2n) is 12.0. The van der Waals surface area contributed by atoms with Crippen LogP contribution in [0.15, 0.2) is 72.9 Å². The zero-order valence-electron chi connectivity index (χ0n) is 30.9. The number of carbonyl (C=O) groups is 3. The number of esters is 2. The van der Waals surface area contributed by atoms with E-state index in [1.165, 1.54) is 25.7 Å². The lowest BCUT2D eigenvalue weighted by Gasteiger charge is -2.20. The van der Waals surface area contributed by atoms with Crippen LogP contribution in [0.5, 0.6) is 0 Å². The Labute approximate surface area is 306 Å². The number of carboxylic acids is 1. The highest BCUT2D eigenvalue weighted by molar-refractivity contribution is 7.47. The number of rotatable bonds is 33. The minimum Gasteiger partial charge on any atom is -0.480 e. The van der Waals surface area contributed by atoms with Gasteiger partial charge in [-0.25, -0.2) is 4.57 Å². The van der Waals surface area contributed by atoms with Crippen LogP contribution in [0.1, 0.15) is 123 Å².